The number of alkyl halides is 3. The molecule has 0 fully saturated rings. The SMILES string of the molecule is CC(NCCCCC(F)(F)F)c1cccc(S(N)(=O)=O)c1. The van der Waals surface area contributed by atoms with Crippen molar-refractivity contribution in [2.75, 3.05) is 6.54 Å². The van der Waals surface area contributed by atoms with Gasteiger partial charge in [-0.05, 0) is 44.0 Å². The highest BCUT2D eigenvalue weighted by Gasteiger charge is 2.25. The van der Waals surface area contributed by atoms with Crippen LogP contribution in [0.2, 0.25) is 0 Å². The molecule has 21 heavy (non-hydrogen) atoms. The summed E-state index contributed by atoms with van der Waals surface area (Å²) in [7, 11) is -3.76. The Morgan fingerprint density at radius 2 is 1.95 bits per heavy atom. The Labute approximate surface area is 122 Å². The van der Waals surface area contributed by atoms with Gasteiger partial charge in [-0.2, -0.15) is 13.2 Å². The number of halogens is 3. The van der Waals surface area contributed by atoms with E-state index in [2.05, 4.69) is 5.32 Å². The molecule has 1 unspecified atom stereocenters. The van der Waals surface area contributed by atoms with Crippen LogP contribution in [0, 0.1) is 0 Å². The first-order chi connectivity index (χ1) is 9.59. The molecule has 8 heteroatoms. The van der Waals surface area contributed by atoms with Crippen molar-refractivity contribution in [2.45, 2.75) is 43.3 Å². The van der Waals surface area contributed by atoms with Gasteiger partial charge in [0.25, 0.3) is 0 Å². The van der Waals surface area contributed by atoms with Crippen LogP contribution in [0.3, 0.4) is 0 Å². The molecule has 0 saturated heterocycles. The number of unbranched alkanes of at least 4 members (excludes halogenated alkanes) is 1. The van der Waals surface area contributed by atoms with Gasteiger partial charge in [0.15, 0.2) is 0 Å². The summed E-state index contributed by atoms with van der Waals surface area (Å²) in [6.45, 7) is 2.24. The van der Waals surface area contributed by atoms with E-state index in [1.807, 2.05) is 6.92 Å². The van der Waals surface area contributed by atoms with Crippen molar-refractivity contribution in [3.8, 4) is 0 Å². The third-order valence-corrected chi connectivity index (χ3v) is 3.94. The number of benzene rings is 1. The van der Waals surface area contributed by atoms with E-state index in [0.29, 0.717) is 13.0 Å². The highest BCUT2D eigenvalue weighted by molar-refractivity contribution is 7.89. The van der Waals surface area contributed by atoms with Gasteiger partial charge in [0.2, 0.25) is 10.0 Å². The highest BCUT2D eigenvalue weighted by Crippen LogP contribution is 2.22. The lowest BCUT2D eigenvalue weighted by atomic mass is 10.1. The van der Waals surface area contributed by atoms with Gasteiger partial charge in [-0.25, -0.2) is 13.6 Å². The Hall–Kier alpha value is -1.12. The molecule has 0 heterocycles. The lowest BCUT2D eigenvalue weighted by Crippen LogP contribution is -2.21. The summed E-state index contributed by atoms with van der Waals surface area (Å²) in [6.07, 6.45) is -4.43. The van der Waals surface area contributed by atoms with Crippen LogP contribution in [0.15, 0.2) is 29.2 Å². The van der Waals surface area contributed by atoms with E-state index in [1.165, 1.54) is 12.1 Å². The van der Waals surface area contributed by atoms with E-state index in [4.69, 9.17) is 5.14 Å². The number of primary sulfonamides is 1. The maximum absolute atomic E-state index is 12.0. The summed E-state index contributed by atoms with van der Waals surface area (Å²) in [5.74, 6) is 0. The molecule has 0 spiro atoms. The number of rotatable bonds is 7. The lowest BCUT2D eigenvalue weighted by Gasteiger charge is -2.15. The van der Waals surface area contributed by atoms with E-state index in [1.54, 1.807) is 12.1 Å². The summed E-state index contributed by atoms with van der Waals surface area (Å²) in [5.41, 5.74) is 0.720. The van der Waals surface area contributed by atoms with Gasteiger partial charge in [-0.1, -0.05) is 12.1 Å². The fourth-order valence-corrected chi connectivity index (χ4v) is 2.42. The van der Waals surface area contributed by atoms with E-state index in [0.717, 1.165) is 5.56 Å². The summed E-state index contributed by atoms with van der Waals surface area (Å²) in [5, 5.41) is 8.11. The molecule has 120 valence electrons. The molecular formula is C13H19F3N2O2S. The fraction of sp³-hybridized carbons (Fsp3) is 0.538. The molecule has 0 aliphatic carbocycles. The van der Waals surface area contributed by atoms with Crippen molar-refractivity contribution < 1.29 is 21.6 Å². The minimum absolute atomic E-state index is 0.0192. The van der Waals surface area contributed by atoms with Crippen molar-refractivity contribution in [3.05, 3.63) is 29.8 Å². The van der Waals surface area contributed by atoms with Crippen molar-refractivity contribution in [3.63, 3.8) is 0 Å². The monoisotopic (exact) mass is 324 g/mol. The van der Waals surface area contributed by atoms with Crippen molar-refractivity contribution in [2.24, 2.45) is 5.14 Å². The first kappa shape index (κ1) is 17.9. The molecule has 0 saturated carbocycles. The molecule has 0 radical (unpaired) electrons. The smallest absolute Gasteiger partial charge is 0.310 e. The first-order valence-corrected chi connectivity index (χ1v) is 8.07. The molecule has 0 aromatic heterocycles. The second-order valence-corrected chi connectivity index (χ2v) is 6.43. The second kappa shape index (κ2) is 7.24. The topological polar surface area (TPSA) is 72.2 Å². The van der Waals surface area contributed by atoms with E-state index in [-0.39, 0.29) is 17.4 Å². The van der Waals surface area contributed by atoms with Gasteiger partial charge in [0, 0.05) is 12.5 Å². The molecule has 0 bridgehead atoms. The molecule has 0 amide bonds. The van der Waals surface area contributed by atoms with E-state index in [9.17, 15) is 21.6 Å². The third kappa shape index (κ3) is 6.92. The van der Waals surface area contributed by atoms with Crippen LogP contribution in [0.25, 0.3) is 0 Å². The number of hydrogen-bond donors (Lipinski definition) is 2. The molecule has 1 atom stereocenters. The number of sulfonamides is 1. The number of nitrogens with one attached hydrogen (secondary N) is 1. The van der Waals surface area contributed by atoms with Crippen LogP contribution < -0.4 is 10.5 Å². The number of hydrogen-bond acceptors (Lipinski definition) is 3. The van der Waals surface area contributed by atoms with Gasteiger partial charge in [-0.3, -0.25) is 0 Å². The Kier molecular flexibility index (Phi) is 6.18. The van der Waals surface area contributed by atoms with Crippen LogP contribution in [0.5, 0.6) is 0 Å². The summed E-state index contributed by atoms with van der Waals surface area (Å²) >= 11 is 0. The van der Waals surface area contributed by atoms with Crippen molar-refractivity contribution in [1.29, 1.82) is 0 Å². The molecule has 1 aromatic rings. The Morgan fingerprint density at radius 3 is 2.52 bits per heavy atom. The third-order valence-electron chi connectivity index (χ3n) is 3.02. The zero-order valence-corrected chi connectivity index (χ0v) is 12.5. The predicted molar refractivity (Wildman–Crippen MR) is 74.1 cm³/mol. The Morgan fingerprint density at radius 1 is 1.29 bits per heavy atom. The van der Waals surface area contributed by atoms with Crippen LogP contribution in [-0.2, 0) is 10.0 Å². The van der Waals surface area contributed by atoms with Crippen LogP contribution in [0.1, 0.15) is 37.8 Å². The quantitative estimate of drug-likeness (QED) is 0.758. The van der Waals surface area contributed by atoms with Gasteiger partial charge in [0.05, 0.1) is 4.90 Å². The molecule has 0 aliphatic heterocycles. The molecule has 3 N–H and O–H groups in total. The van der Waals surface area contributed by atoms with Crippen molar-refractivity contribution in [1.82, 2.24) is 5.32 Å². The van der Waals surface area contributed by atoms with Crippen LogP contribution in [-0.4, -0.2) is 21.1 Å². The van der Waals surface area contributed by atoms with E-state index >= 15 is 0 Å². The first-order valence-electron chi connectivity index (χ1n) is 6.52. The Bertz CT molecular complexity index is 559. The maximum atomic E-state index is 12.0. The highest BCUT2D eigenvalue weighted by atomic mass is 32.2. The maximum Gasteiger partial charge on any atom is 0.389 e. The normalized spacial score (nSPS) is 14.1. The molecule has 1 rings (SSSR count). The molecule has 4 nitrogen and oxygen atoms in total. The standard InChI is InChI=1S/C13H19F3N2O2S/c1-10(18-8-3-2-7-13(14,15)16)11-5-4-6-12(9-11)21(17,19)20/h4-6,9-10,18H,2-3,7-8H2,1H3,(H2,17,19,20). The van der Waals surface area contributed by atoms with Crippen LogP contribution >= 0.6 is 0 Å². The summed E-state index contributed by atoms with van der Waals surface area (Å²) in [4.78, 5) is 0.0192. The van der Waals surface area contributed by atoms with Crippen molar-refractivity contribution >= 4 is 10.0 Å². The molecule has 0 aliphatic rings. The molecule has 1 aromatic carbocycles. The zero-order valence-electron chi connectivity index (χ0n) is 11.7. The second-order valence-electron chi connectivity index (χ2n) is 4.87. The lowest BCUT2D eigenvalue weighted by molar-refractivity contribution is -0.135. The van der Waals surface area contributed by atoms with Gasteiger partial charge < -0.3 is 5.32 Å². The summed E-state index contributed by atoms with van der Waals surface area (Å²) < 4.78 is 58.4. The minimum atomic E-state index is -4.12. The summed E-state index contributed by atoms with van der Waals surface area (Å²) in [6, 6.07) is 6.01. The van der Waals surface area contributed by atoms with Crippen LogP contribution in [0.4, 0.5) is 13.2 Å². The van der Waals surface area contributed by atoms with Gasteiger partial charge >= 0.3 is 6.18 Å². The molecular weight excluding hydrogens is 305 g/mol. The van der Waals surface area contributed by atoms with Gasteiger partial charge in [-0.15, -0.1) is 0 Å². The fourth-order valence-electron chi connectivity index (χ4n) is 1.85. The average molecular weight is 324 g/mol. The predicted octanol–water partition coefficient (Wildman–Crippen LogP) is 2.72. The zero-order chi connectivity index (χ0) is 16.1. The Balaban J connectivity index is 2.48. The van der Waals surface area contributed by atoms with E-state index < -0.39 is 22.6 Å². The average Bonchev–Trinajstić information content (AvgIpc) is 2.36. The minimum Gasteiger partial charge on any atom is -0.310 e. The largest absolute Gasteiger partial charge is 0.389 e. The van der Waals surface area contributed by atoms with Gasteiger partial charge in [0.1, 0.15) is 0 Å². The number of nitrogens with two attached hydrogens (primary N) is 1.